The van der Waals surface area contributed by atoms with Gasteiger partial charge in [0, 0.05) is 12.1 Å². The minimum absolute atomic E-state index is 0.183. The van der Waals surface area contributed by atoms with Gasteiger partial charge in [0.05, 0.1) is 5.69 Å². The maximum absolute atomic E-state index is 13.2. The predicted molar refractivity (Wildman–Crippen MR) is 72.0 cm³/mol. The second-order valence-corrected chi connectivity index (χ2v) is 4.45. The van der Waals surface area contributed by atoms with Gasteiger partial charge in [-0.05, 0) is 42.3 Å². The molecule has 0 saturated carbocycles. The molecule has 0 fully saturated rings. The Morgan fingerprint density at radius 1 is 1.17 bits per heavy atom. The molecular weight excluding hydrogens is 227 g/mol. The molecule has 0 saturated heterocycles. The number of benzene rings is 2. The van der Waals surface area contributed by atoms with E-state index in [0.717, 1.165) is 23.6 Å². The van der Waals surface area contributed by atoms with Crippen LogP contribution in [0.3, 0.4) is 0 Å². The van der Waals surface area contributed by atoms with Crippen molar-refractivity contribution in [1.29, 1.82) is 0 Å². The molecule has 3 heteroatoms. The number of nitrogens with zero attached hydrogens (tertiary/aromatic N) is 1. The summed E-state index contributed by atoms with van der Waals surface area (Å²) in [5.41, 5.74) is 3.74. The highest BCUT2D eigenvalue weighted by Crippen LogP contribution is 2.26. The predicted octanol–water partition coefficient (Wildman–Crippen LogP) is 3.83. The Morgan fingerprint density at radius 2 is 2.00 bits per heavy atom. The van der Waals surface area contributed by atoms with Gasteiger partial charge in [-0.15, -0.1) is 0 Å². The summed E-state index contributed by atoms with van der Waals surface area (Å²) in [7, 11) is 0. The van der Waals surface area contributed by atoms with E-state index in [1.165, 1.54) is 11.6 Å². The molecule has 0 amide bonds. The third-order valence-electron chi connectivity index (χ3n) is 3.05. The van der Waals surface area contributed by atoms with Gasteiger partial charge in [0.25, 0.3) is 0 Å². The van der Waals surface area contributed by atoms with E-state index in [-0.39, 0.29) is 5.82 Å². The van der Waals surface area contributed by atoms with Crippen LogP contribution in [0, 0.1) is 12.7 Å². The van der Waals surface area contributed by atoms with Gasteiger partial charge in [-0.3, -0.25) is 0 Å². The first kappa shape index (κ1) is 11.0. The summed E-state index contributed by atoms with van der Waals surface area (Å²) >= 11 is 0. The first-order chi connectivity index (χ1) is 8.72. The highest BCUT2D eigenvalue weighted by atomic mass is 19.1. The Labute approximate surface area is 105 Å². The van der Waals surface area contributed by atoms with Crippen LogP contribution in [0.15, 0.2) is 47.5 Å². The van der Waals surface area contributed by atoms with Gasteiger partial charge in [-0.1, -0.05) is 18.2 Å². The standard InChI is InChI=1S/C15H13FN2/c1-10-8-12(6-7-13(10)16)17-15-9-11-4-2-3-5-14(11)18-15/h2-8H,9H2,1H3,(H,17,18). The van der Waals surface area contributed by atoms with Gasteiger partial charge in [-0.25, -0.2) is 9.38 Å². The zero-order chi connectivity index (χ0) is 12.5. The van der Waals surface area contributed by atoms with E-state index in [0.29, 0.717) is 5.56 Å². The van der Waals surface area contributed by atoms with Gasteiger partial charge in [0.15, 0.2) is 0 Å². The lowest BCUT2D eigenvalue weighted by Crippen LogP contribution is -2.11. The molecule has 1 N–H and O–H groups in total. The SMILES string of the molecule is Cc1cc(NC2=Nc3ccccc3C2)ccc1F. The smallest absolute Gasteiger partial charge is 0.126 e. The number of aryl methyl sites for hydroxylation is 1. The number of fused-ring (bicyclic) bond motifs is 1. The molecular formula is C15H13FN2. The molecule has 0 aliphatic carbocycles. The van der Waals surface area contributed by atoms with E-state index in [4.69, 9.17) is 0 Å². The summed E-state index contributed by atoms with van der Waals surface area (Å²) in [6.45, 7) is 1.76. The Kier molecular flexibility index (Phi) is 2.59. The molecule has 3 rings (SSSR count). The number of nitrogens with one attached hydrogen (secondary N) is 1. The molecule has 1 aliphatic rings. The van der Waals surface area contributed by atoms with Gasteiger partial charge >= 0.3 is 0 Å². The topological polar surface area (TPSA) is 24.4 Å². The molecule has 1 heterocycles. The molecule has 18 heavy (non-hydrogen) atoms. The van der Waals surface area contributed by atoms with E-state index in [1.54, 1.807) is 19.1 Å². The van der Waals surface area contributed by atoms with Crippen molar-refractivity contribution in [2.75, 3.05) is 5.32 Å². The van der Waals surface area contributed by atoms with Gasteiger partial charge in [0.1, 0.15) is 11.7 Å². The largest absolute Gasteiger partial charge is 0.343 e. The lowest BCUT2D eigenvalue weighted by atomic mass is 10.1. The molecule has 0 bridgehead atoms. The van der Waals surface area contributed by atoms with Crippen LogP contribution in [0.25, 0.3) is 0 Å². The van der Waals surface area contributed by atoms with E-state index in [9.17, 15) is 4.39 Å². The zero-order valence-electron chi connectivity index (χ0n) is 10.1. The molecule has 1 aliphatic heterocycles. The van der Waals surface area contributed by atoms with Crippen LogP contribution in [-0.4, -0.2) is 5.84 Å². The van der Waals surface area contributed by atoms with Crippen molar-refractivity contribution >= 4 is 17.2 Å². The van der Waals surface area contributed by atoms with Crippen molar-refractivity contribution in [3.63, 3.8) is 0 Å². The molecule has 0 atom stereocenters. The van der Waals surface area contributed by atoms with Crippen molar-refractivity contribution in [3.8, 4) is 0 Å². The van der Waals surface area contributed by atoms with E-state index in [1.807, 2.05) is 18.2 Å². The highest BCUT2D eigenvalue weighted by molar-refractivity contribution is 6.01. The fourth-order valence-corrected chi connectivity index (χ4v) is 2.10. The number of amidine groups is 1. The van der Waals surface area contributed by atoms with Crippen LogP contribution in [0.4, 0.5) is 15.8 Å². The maximum atomic E-state index is 13.2. The number of halogens is 1. The molecule has 0 radical (unpaired) electrons. The number of hydrogen-bond donors (Lipinski definition) is 1. The van der Waals surface area contributed by atoms with Crippen LogP contribution in [0.1, 0.15) is 11.1 Å². The summed E-state index contributed by atoms with van der Waals surface area (Å²) in [6.07, 6.45) is 0.798. The molecule has 2 aromatic carbocycles. The molecule has 90 valence electrons. The maximum Gasteiger partial charge on any atom is 0.126 e. The third-order valence-corrected chi connectivity index (χ3v) is 3.05. The summed E-state index contributed by atoms with van der Waals surface area (Å²) < 4.78 is 13.2. The van der Waals surface area contributed by atoms with Crippen molar-refractivity contribution in [1.82, 2.24) is 0 Å². The lowest BCUT2D eigenvalue weighted by Gasteiger charge is -2.06. The highest BCUT2D eigenvalue weighted by Gasteiger charge is 2.13. The Hall–Kier alpha value is -2.16. The average molecular weight is 240 g/mol. The number of para-hydroxylation sites is 1. The second-order valence-electron chi connectivity index (χ2n) is 4.45. The summed E-state index contributed by atoms with van der Waals surface area (Å²) in [5.74, 6) is 0.722. The monoisotopic (exact) mass is 240 g/mol. The fourth-order valence-electron chi connectivity index (χ4n) is 2.10. The first-order valence-electron chi connectivity index (χ1n) is 5.91. The van der Waals surface area contributed by atoms with Gasteiger partial charge in [-0.2, -0.15) is 0 Å². The minimum Gasteiger partial charge on any atom is -0.343 e. The molecule has 0 spiro atoms. The average Bonchev–Trinajstić information content (AvgIpc) is 2.76. The van der Waals surface area contributed by atoms with Crippen molar-refractivity contribution in [2.24, 2.45) is 4.99 Å². The van der Waals surface area contributed by atoms with Crippen LogP contribution in [-0.2, 0) is 6.42 Å². The third kappa shape index (κ3) is 1.99. The van der Waals surface area contributed by atoms with Crippen LogP contribution >= 0.6 is 0 Å². The van der Waals surface area contributed by atoms with E-state index >= 15 is 0 Å². The van der Waals surface area contributed by atoms with Crippen LogP contribution in [0.5, 0.6) is 0 Å². The summed E-state index contributed by atoms with van der Waals surface area (Å²) in [4.78, 5) is 4.51. The fraction of sp³-hybridized carbons (Fsp3) is 0.133. The summed E-state index contributed by atoms with van der Waals surface area (Å²) in [6, 6.07) is 13.1. The molecule has 0 unspecified atom stereocenters. The van der Waals surface area contributed by atoms with Crippen molar-refractivity contribution < 1.29 is 4.39 Å². The van der Waals surface area contributed by atoms with Gasteiger partial charge < -0.3 is 5.32 Å². The summed E-state index contributed by atoms with van der Waals surface area (Å²) in [5, 5.41) is 3.24. The Balaban J connectivity index is 1.81. The Bertz CT molecular complexity index is 632. The number of anilines is 1. The van der Waals surface area contributed by atoms with Crippen LogP contribution < -0.4 is 5.32 Å². The molecule has 0 aromatic heterocycles. The quantitative estimate of drug-likeness (QED) is 0.804. The first-order valence-corrected chi connectivity index (χ1v) is 5.91. The van der Waals surface area contributed by atoms with Crippen molar-refractivity contribution in [3.05, 3.63) is 59.4 Å². The van der Waals surface area contributed by atoms with Gasteiger partial charge in [0.2, 0.25) is 0 Å². The van der Waals surface area contributed by atoms with Crippen molar-refractivity contribution in [2.45, 2.75) is 13.3 Å². The second kappa shape index (κ2) is 4.26. The lowest BCUT2D eigenvalue weighted by molar-refractivity contribution is 0.619. The number of hydrogen-bond acceptors (Lipinski definition) is 2. The normalized spacial score (nSPS) is 13.1. The van der Waals surface area contributed by atoms with Crippen LogP contribution in [0.2, 0.25) is 0 Å². The Morgan fingerprint density at radius 3 is 2.78 bits per heavy atom. The number of rotatable bonds is 1. The molecule has 2 nitrogen and oxygen atoms in total. The van der Waals surface area contributed by atoms with E-state index in [2.05, 4.69) is 16.4 Å². The number of aliphatic imine (C=N–C) groups is 1. The minimum atomic E-state index is -0.183. The zero-order valence-corrected chi connectivity index (χ0v) is 10.1. The molecule has 2 aromatic rings. The van der Waals surface area contributed by atoms with E-state index < -0.39 is 0 Å².